The first-order chi connectivity index (χ1) is 9.74. The van der Waals surface area contributed by atoms with E-state index in [1.54, 1.807) is 7.11 Å². The van der Waals surface area contributed by atoms with Gasteiger partial charge in [-0.2, -0.15) is 0 Å². The molecule has 0 unspecified atom stereocenters. The third-order valence-corrected chi connectivity index (χ3v) is 3.31. The maximum atomic E-state index is 6.11. The maximum Gasteiger partial charge on any atom is 0.124 e. The Labute approximate surface area is 120 Å². The van der Waals surface area contributed by atoms with Crippen molar-refractivity contribution in [2.24, 2.45) is 5.73 Å². The van der Waals surface area contributed by atoms with Crippen molar-refractivity contribution < 1.29 is 9.47 Å². The summed E-state index contributed by atoms with van der Waals surface area (Å²) in [7, 11) is 1.66. The number of benzene rings is 2. The molecule has 0 aliphatic rings. The van der Waals surface area contributed by atoms with E-state index in [1.165, 1.54) is 0 Å². The molecule has 2 N–H and O–H groups in total. The van der Waals surface area contributed by atoms with Crippen molar-refractivity contribution in [2.75, 3.05) is 7.11 Å². The van der Waals surface area contributed by atoms with E-state index < -0.39 is 0 Å². The number of hydrogen-bond donors (Lipinski definition) is 1. The van der Waals surface area contributed by atoms with Crippen molar-refractivity contribution >= 4 is 0 Å². The van der Waals surface area contributed by atoms with Crippen molar-refractivity contribution in [3.63, 3.8) is 0 Å². The van der Waals surface area contributed by atoms with Gasteiger partial charge in [-0.05, 0) is 30.2 Å². The van der Waals surface area contributed by atoms with Gasteiger partial charge >= 0.3 is 0 Å². The van der Waals surface area contributed by atoms with Crippen LogP contribution in [-0.2, 0) is 6.61 Å². The summed E-state index contributed by atoms with van der Waals surface area (Å²) in [5, 5.41) is 0. The van der Waals surface area contributed by atoms with E-state index in [9.17, 15) is 0 Å². The summed E-state index contributed by atoms with van der Waals surface area (Å²) in [6, 6.07) is 15.8. The Morgan fingerprint density at radius 2 is 1.75 bits per heavy atom. The summed E-state index contributed by atoms with van der Waals surface area (Å²) in [4.78, 5) is 0. The van der Waals surface area contributed by atoms with E-state index in [0.717, 1.165) is 29.0 Å². The molecule has 1 atom stereocenters. The molecule has 2 aromatic rings. The van der Waals surface area contributed by atoms with E-state index in [4.69, 9.17) is 15.2 Å². The normalized spacial score (nSPS) is 11.9. The quantitative estimate of drug-likeness (QED) is 0.871. The lowest BCUT2D eigenvalue weighted by Gasteiger charge is -2.15. The van der Waals surface area contributed by atoms with Gasteiger partial charge in [0.25, 0.3) is 0 Å². The number of nitrogens with two attached hydrogens (primary N) is 1. The molecule has 0 saturated heterocycles. The third-order valence-electron chi connectivity index (χ3n) is 3.31. The molecule has 0 spiro atoms. The molecule has 3 nitrogen and oxygen atoms in total. The monoisotopic (exact) mass is 271 g/mol. The number of methoxy groups -OCH3 is 1. The Morgan fingerprint density at radius 1 is 1.05 bits per heavy atom. The smallest absolute Gasteiger partial charge is 0.124 e. The van der Waals surface area contributed by atoms with Gasteiger partial charge in [-0.3, -0.25) is 0 Å². The minimum Gasteiger partial charge on any atom is -0.497 e. The Bertz CT molecular complexity index is 537. The fraction of sp³-hybridized carbons (Fsp3) is 0.294. The molecule has 0 bridgehead atoms. The van der Waals surface area contributed by atoms with Gasteiger partial charge in [-0.1, -0.05) is 37.3 Å². The molecule has 0 amide bonds. The zero-order chi connectivity index (χ0) is 14.4. The highest BCUT2D eigenvalue weighted by atomic mass is 16.5. The number of para-hydroxylation sites is 1. The van der Waals surface area contributed by atoms with Crippen LogP contribution in [0.2, 0.25) is 0 Å². The largest absolute Gasteiger partial charge is 0.497 e. The highest BCUT2D eigenvalue weighted by Crippen LogP contribution is 2.26. The van der Waals surface area contributed by atoms with Crippen LogP contribution in [0.4, 0.5) is 0 Å². The number of ether oxygens (including phenoxy) is 2. The van der Waals surface area contributed by atoms with Crippen molar-refractivity contribution in [1.29, 1.82) is 0 Å². The van der Waals surface area contributed by atoms with Gasteiger partial charge < -0.3 is 15.2 Å². The molecule has 0 aliphatic heterocycles. The topological polar surface area (TPSA) is 44.5 Å². The summed E-state index contributed by atoms with van der Waals surface area (Å²) < 4.78 is 11.0. The second kappa shape index (κ2) is 6.96. The lowest BCUT2D eigenvalue weighted by atomic mass is 10.0. The minimum absolute atomic E-state index is 0.0158. The fourth-order valence-corrected chi connectivity index (χ4v) is 2.02. The zero-order valence-electron chi connectivity index (χ0n) is 12.0. The SMILES string of the molecule is CC[C@H](N)c1ccccc1OCc1ccc(OC)cc1. The van der Waals surface area contributed by atoms with E-state index in [0.29, 0.717) is 6.61 Å². The summed E-state index contributed by atoms with van der Waals surface area (Å²) in [6.07, 6.45) is 0.892. The van der Waals surface area contributed by atoms with E-state index >= 15 is 0 Å². The van der Waals surface area contributed by atoms with Crippen molar-refractivity contribution in [2.45, 2.75) is 26.0 Å². The standard InChI is InChI=1S/C17H21NO2/c1-3-16(18)15-6-4-5-7-17(15)20-12-13-8-10-14(19-2)11-9-13/h4-11,16H,3,12,18H2,1-2H3/t16-/m0/s1. The van der Waals surface area contributed by atoms with E-state index in [1.807, 2.05) is 48.5 Å². The van der Waals surface area contributed by atoms with E-state index in [-0.39, 0.29) is 6.04 Å². The molecular weight excluding hydrogens is 250 g/mol. The molecule has 0 saturated carbocycles. The predicted octanol–water partition coefficient (Wildman–Crippen LogP) is 3.68. The van der Waals surface area contributed by atoms with Crippen LogP contribution in [0.15, 0.2) is 48.5 Å². The minimum atomic E-state index is 0.0158. The fourth-order valence-electron chi connectivity index (χ4n) is 2.02. The Hall–Kier alpha value is -2.00. The summed E-state index contributed by atoms with van der Waals surface area (Å²) in [6.45, 7) is 2.60. The molecule has 20 heavy (non-hydrogen) atoms. The highest BCUT2D eigenvalue weighted by Gasteiger charge is 2.09. The van der Waals surface area contributed by atoms with Crippen LogP contribution in [0.3, 0.4) is 0 Å². The van der Waals surface area contributed by atoms with Crippen LogP contribution in [0, 0.1) is 0 Å². The molecule has 2 aromatic carbocycles. The Kier molecular flexibility index (Phi) is 5.02. The molecule has 0 aliphatic carbocycles. The first-order valence-electron chi connectivity index (χ1n) is 6.84. The van der Waals surface area contributed by atoms with Crippen LogP contribution in [0.1, 0.15) is 30.5 Å². The second-order valence-electron chi connectivity index (χ2n) is 4.69. The van der Waals surface area contributed by atoms with Crippen LogP contribution < -0.4 is 15.2 Å². The van der Waals surface area contributed by atoms with Crippen molar-refractivity contribution in [3.05, 3.63) is 59.7 Å². The van der Waals surface area contributed by atoms with Gasteiger partial charge in [0.1, 0.15) is 18.1 Å². The second-order valence-corrected chi connectivity index (χ2v) is 4.69. The summed E-state index contributed by atoms with van der Waals surface area (Å²) in [5.41, 5.74) is 8.27. The third kappa shape index (κ3) is 3.52. The highest BCUT2D eigenvalue weighted by molar-refractivity contribution is 5.36. The van der Waals surface area contributed by atoms with Gasteiger partial charge in [0, 0.05) is 11.6 Å². The summed E-state index contributed by atoms with van der Waals surface area (Å²) in [5.74, 6) is 1.71. The van der Waals surface area contributed by atoms with Crippen molar-refractivity contribution in [1.82, 2.24) is 0 Å². The van der Waals surface area contributed by atoms with Gasteiger partial charge in [0.2, 0.25) is 0 Å². The average molecular weight is 271 g/mol. The van der Waals surface area contributed by atoms with Crippen LogP contribution in [0.25, 0.3) is 0 Å². The molecular formula is C17H21NO2. The lowest BCUT2D eigenvalue weighted by Crippen LogP contribution is -2.10. The van der Waals surface area contributed by atoms with Gasteiger partial charge in [-0.15, -0.1) is 0 Å². The summed E-state index contributed by atoms with van der Waals surface area (Å²) >= 11 is 0. The molecule has 0 aromatic heterocycles. The van der Waals surface area contributed by atoms with Gasteiger partial charge in [0.05, 0.1) is 7.11 Å². The molecule has 2 rings (SSSR count). The first kappa shape index (κ1) is 14.4. The Balaban J connectivity index is 2.06. The van der Waals surface area contributed by atoms with Gasteiger partial charge in [0.15, 0.2) is 0 Å². The average Bonchev–Trinajstić information content (AvgIpc) is 2.53. The Morgan fingerprint density at radius 3 is 2.40 bits per heavy atom. The van der Waals surface area contributed by atoms with E-state index in [2.05, 4.69) is 6.92 Å². The molecule has 0 radical (unpaired) electrons. The number of hydrogen-bond acceptors (Lipinski definition) is 3. The van der Waals surface area contributed by atoms with Crippen LogP contribution in [0.5, 0.6) is 11.5 Å². The van der Waals surface area contributed by atoms with Crippen LogP contribution >= 0.6 is 0 Å². The molecule has 0 fully saturated rings. The molecule has 106 valence electrons. The first-order valence-corrected chi connectivity index (χ1v) is 6.84. The number of rotatable bonds is 6. The van der Waals surface area contributed by atoms with Crippen LogP contribution in [-0.4, -0.2) is 7.11 Å². The predicted molar refractivity (Wildman–Crippen MR) is 81.0 cm³/mol. The van der Waals surface area contributed by atoms with Gasteiger partial charge in [-0.25, -0.2) is 0 Å². The molecule has 3 heteroatoms. The van der Waals surface area contributed by atoms with Crippen molar-refractivity contribution in [3.8, 4) is 11.5 Å². The molecule has 0 heterocycles. The maximum absolute atomic E-state index is 6.11. The zero-order valence-corrected chi connectivity index (χ0v) is 12.0. The lowest BCUT2D eigenvalue weighted by molar-refractivity contribution is 0.300.